The number of aryl methyl sites for hydroxylation is 1. The molecule has 1 aromatic carbocycles. The SMILES string of the molecule is CC1CN(C2CCC(n3cc(Nc4ncc(-c5ccc(Cl)c(O[C@@H](C)CN(C=N)N=N)c5)cn4)c(OCc4ccnn4C)n3)CC2)C[C@H](C)O1. The second-order valence-corrected chi connectivity index (χ2v) is 13.5. The number of hydrogen-bond donors (Lipinski definition) is 3. The van der Waals surface area contributed by atoms with Gasteiger partial charge in [-0.1, -0.05) is 22.9 Å². The molecule has 3 N–H and O–H groups in total. The molecule has 266 valence electrons. The van der Waals surface area contributed by atoms with Gasteiger partial charge in [-0.3, -0.25) is 19.7 Å². The van der Waals surface area contributed by atoms with Crippen LogP contribution in [0.15, 0.2) is 54.3 Å². The van der Waals surface area contributed by atoms with Crippen molar-refractivity contribution in [2.45, 2.75) is 83.5 Å². The number of aromatic nitrogens is 6. The topological polar surface area (TPSA) is 168 Å². The van der Waals surface area contributed by atoms with Crippen LogP contribution in [0, 0.1) is 10.9 Å². The summed E-state index contributed by atoms with van der Waals surface area (Å²) in [6, 6.07) is 8.20. The number of ether oxygens (including phenoxy) is 3. The van der Waals surface area contributed by atoms with E-state index in [9.17, 15) is 0 Å². The maximum absolute atomic E-state index is 7.34. The Morgan fingerprint density at radius 3 is 2.48 bits per heavy atom. The molecule has 15 nitrogen and oxygen atoms in total. The van der Waals surface area contributed by atoms with Gasteiger partial charge in [-0.15, -0.1) is 5.10 Å². The summed E-state index contributed by atoms with van der Waals surface area (Å²) in [5.41, 5.74) is 10.4. The van der Waals surface area contributed by atoms with Gasteiger partial charge in [0.05, 0.1) is 41.7 Å². The van der Waals surface area contributed by atoms with Gasteiger partial charge in [0.25, 0.3) is 5.88 Å². The Hall–Kier alpha value is -4.60. The summed E-state index contributed by atoms with van der Waals surface area (Å²) in [7, 11) is 1.89. The van der Waals surface area contributed by atoms with Crippen LogP contribution >= 0.6 is 11.6 Å². The quantitative estimate of drug-likeness (QED) is 0.0589. The first-order valence-corrected chi connectivity index (χ1v) is 17.4. The highest BCUT2D eigenvalue weighted by Crippen LogP contribution is 2.36. The summed E-state index contributed by atoms with van der Waals surface area (Å²) in [6.07, 6.45) is 12.6. The number of rotatable bonds is 14. The van der Waals surface area contributed by atoms with E-state index < -0.39 is 0 Å². The van der Waals surface area contributed by atoms with E-state index in [1.807, 2.05) is 43.0 Å². The van der Waals surface area contributed by atoms with Crippen molar-refractivity contribution in [2.75, 3.05) is 25.0 Å². The summed E-state index contributed by atoms with van der Waals surface area (Å²) in [5.74, 6) is 1.35. The molecule has 1 aliphatic carbocycles. The molecule has 0 spiro atoms. The van der Waals surface area contributed by atoms with Crippen LogP contribution in [0.1, 0.15) is 58.2 Å². The molecule has 0 radical (unpaired) electrons. The van der Waals surface area contributed by atoms with E-state index in [1.165, 1.54) is 5.01 Å². The van der Waals surface area contributed by atoms with Crippen molar-refractivity contribution in [2.24, 2.45) is 12.3 Å². The molecule has 16 heteroatoms. The molecular formula is C34H45ClN12O3. The molecule has 50 heavy (non-hydrogen) atoms. The Kier molecular flexibility index (Phi) is 11.2. The lowest BCUT2D eigenvalue weighted by molar-refractivity contribution is -0.0852. The molecule has 0 bridgehead atoms. The van der Waals surface area contributed by atoms with Crippen molar-refractivity contribution < 1.29 is 14.2 Å². The zero-order chi connectivity index (χ0) is 35.2. The van der Waals surface area contributed by atoms with Crippen LogP contribution in [-0.4, -0.2) is 89.8 Å². The highest BCUT2D eigenvalue weighted by Gasteiger charge is 2.32. The van der Waals surface area contributed by atoms with Gasteiger partial charge >= 0.3 is 0 Å². The Bertz CT molecular complexity index is 1720. The zero-order valence-corrected chi connectivity index (χ0v) is 29.6. The largest absolute Gasteiger partial charge is 0.487 e. The third-order valence-electron chi connectivity index (χ3n) is 9.19. The molecule has 3 aromatic heterocycles. The summed E-state index contributed by atoms with van der Waals surface area (Å²) < 4.78 is 22.0. The van der Waals surface area contributed by atoms with Gasteiger partial charge in [-0.25, -0.2) is 15.0 Å². The number of nitrogens with zero attached hydrogens (tertiary/aromatic N) is 9. The van der Waals surface area contributed by atoms with E-state index in [-0.39, 0.29) is 30.9 Å². The third-order valence-corrected chi connectivity index (χ3v) is 9.51. The number of benzene rings is 1. The fourth-order valence-corrected chi connectivity index (χ4v) is 6.88. The molecule has 6 rings (SSSR count). The van der Waals surface area contributed by atoms with E-state index in [4.69, 9.17) is 41.9 Å². The van der Waals surface area contributed by atoms with Gasteiger partial charge < -0.3 is 19.5 Å². The molecule has 1 saturated heterocycles. The first kappa shape index (κ1) is 35.2. The van der Waals surface area contributed by atoms with Crippen LogP contribution in [0.4, 0.5) is 11.6 Å². The predicted molar refractivity (Wildman–Crippen MR) is 189 cm³/mol. The average Bonchev–Trinajstić information content (AvgIpc) is 3.72. The molecule has 2 fully saturated rings. The van der Waals surface area contributed by atoms with Crippen LogP contribution in [0.5, 0.6) is 11.6 Å². The van der Waals surface area contributed by atoms with Crippen molar-refractivity contribution >= 4 is 29.6 Å². The predicted octanol–water partition coefficient (Wildman–Crippen LogP) is 6.26. The van der Waals surface area contributed by atoms with E-state index in [0.717, 1.165) is 61.9 Å². The second kappa shape index (κ2) is 16.0. The van der Waals surface area contributed by atoms with Crippen molar-refractivity contribution in [3.63, 3.8) is 0 Å². The Morgan fingerprint density at radius 2 is 1.82 bits per heavy atom. The van der Waals surface area contributed by atoms with Crippen molar-refractivity contribution in [1.82, 2.24) is 39.4 Å². The lowest BCUT2D eigenvalue weighted by Crippen LogP contribution is -2.51. The van der Waals surface area contributed by atoms with Crippen molar-refractivity contribution in [3.05, 3.63) is 59.8 Å². The minimum absolute atomic E-state index is 0.232. The summed E-state index contributed by atoms with van der Waals surface area (Å²) >= 11 is 6.42. The first-order valence-electron chi connectivity index (χ1n) is 17.0. The van der Waals surface area contributed by atoms with Crippen LogP contribution in [0.3, 0.4) is 0 Å². The number of anilines is 2. The molecule has 1 aliphatic heterocycles. The second-order valence-electron chi connectivity index (χ2n) is 13.1. The normalized spacial score (nSPS) is 21.7. The minimum Gasteiger partial charge on any atom is -0.487 e. The highest BCUT2D eigenvalue weighted by molar-refractivity contribution is 6.32. The van der Waals surface area contributed by atoms with Crippen LogP contribution < -0.4 is 14.8 Å². The van der Waals surface area contributed by atoms with E-state index >= 15 is 0 Å². The molecule has 2 aliphatic rings. The Balaban J connectivity index is 1.15. The molecule has 1 unspecified atom stereocenters. The van der Waals surface area contributed by atoms with Gasteiger partial charge in [-0.2, -0.15) is 10.6 Å². The smallest absolute Gasteiger partial charge is 0.257 e. The standard InChI is InChI=1S/C34H45ClN12O3/c1-22-16-45(17-23(2)49-22)27-6-8-28(9-7-27)47-19-31(33(42-47)48-20-29-11-12-40-44(29)4)41-34-38-14-26(15-39-34)25-5-10-30(35)32(13-25)50-24(3)18-46(21-36)43-37/h5,10-15,19,21-24,27-28,36-37H,6-9,16-18,20H2,1-4H3,(H,38,39,41)/t22-,23?,24-,27?,28?/m0/s1. The van der Waals surface area contributed by atoms with Crippen LogP contribution in [0.25, 0.3) is 11.1 Å². The summed E-state index contributed by atoms with van der Waals surface area (Å²) in [4.78, 5) is 11.8. The van der Waals surface area contributed by atoms with Gasteiger partial charge in [0, 0.05) is 50.3 Å². The maximum Gasteiger partial charge on any atom is 0.257 e. The summed E-state index contributed by atoms with van der Waals surface area (Å²) in [5, 5.41) is 24.7. The van der Waals surface area contributed by atoms with E-state index in [0.29, 0.717) is 40.9 Å². The van der Waals surface area contributed by atoms with Crippen molar-refractivity contribution in [1.29, 1.82) is 10.9 Å². The minimum atomic E-state index is -0.371. The molecule has 1 saturated carbocycles. The molecule has 4 aromatic rings. The van der Waals surface area contributed by atoms with E-state index in [1.54, 1.807) is 29.3 Å². The Morgan fingerprint density at radius 1 is 1.10 bits per heavy atom. The van der Waals surface area contributed by atoms with E-state index in [2.05, 4.69) is 44.4 Å². The lowest BCUT2D eigenvalue weighted by atomic mass is 9.89. The van der Waals surface area contributed by atoms with Crippen LogP contribution in [0.2, 0.25) is 5.02 Å². The highest BCUT2D eigenvalue weighted by atomic mass is 35.5. The maximum atomic E-state index is 7.34. The van der Waals surface area contributed by atoms with Crippen molar-refractivity contribution in [3.8, 4) is 22.8 Å². The fraction of sp³-hybridized carbons (Fsp3) is 0.500. The van der Waals surface area contributed by atoms with Gasteiger partial charge in [-0.05, 0) is 70.2 Å². The van der Waals surface area contributed by atoms with Gasteiger partial charge in [0.15, 0.2) is 0 Å². The zero-order valence-electron chi connectivity index (χ0n) is 28.9. The van der Waals surface area contributed by atoms with Gasteiger partial charge in [0.1, 0.15) is 30.5 Å². The molecular weight excluding hydrogens is 660 g/mol. The number of hydrogen-bond acceptors (Lipinski definition) is 12. The number of morpholine rings is 1. The first-order chi connectivity index (χ1) is 24.2. The third kappa shape index (κ3) is 8.57. The lowest BCUT2D eigenvalue weighted by Gasteiger charge is -2.42. The average molecular weight is 705 g/mol. The van der Waals surface area contributed by atoms with Crippen LogP contribution in [-0.2, 0) is 18.4 Å². The molecule has 4 heterocycles. The number of nitrogens with one attached hydrogen (secondary N) is 3. The fourth-order valence-electron chi connectivity index (χ4n) is 6.72. The summed E-state index contributed by atoms with van der Waals surface area (Å²) in [6.45, 7) is 8.68. The van der Waals surface area contributed by atoms with Gasteiger partial charge in [0.2, 0.25) is 5.95 Å². The molecule has 3 atom stereocenters. The monoisotopic (exact) mass is 704 g/mol. The number of halogens is 1. The molecule has 0 amide bonds. The Labute approximate surface area is 296 Å².